The van der Waals surface area contributed by atoms with Gasteiger partial charge in [-0.3, -0.25) is 0 Å². The van der Waals surface area contributed by atoms with Gasteiger partial charge in [0.1, 0.15) is 0 Å². The van der Waals surface area contributed by atoms with Crippen molar-refractivity contribution in [1.29, 1.82) is 0 Å². The van der Waals surface area contributed by atoms with Crippen molar-refractivity contribution in [3.8, 4) is 0 Å². The normalized spacial score (nSPS) is 13.3. The van der Waals surface area contributed by atoms with Crippen LogP contribution in [0.4, 0.5) is 0 Å². The van der Waals surface area contributed by atoms with Crippen LogP contribution in [0.2, 0.25) is 0 Å². The van der Waals surface area contributed by atoms with Gasteiger partial charge in [0.05, 0.1) is 0 Å². The average molecular weight is 299 g/mol. The van der Waals surface area contributed by atoms with E-state index >= 15 is 0 Å². The van der Waals surface area contributed by atoms with Gasteiger partial charge in [-0.25, -0.2) is 18.1 Å². The highest BCUT2D eigenvalue weighted by atomic mass is 32.2. The van der Waals surface area contributed by atoms with Crippen LogP contribution < -0.4 is 10.0 Å². The number of hydrogen-bond acceptors (Lipinski definition) is 4. The molecule has 114 valence electrons. The predicted molar refractivity (Wildman–Crippen MR) is 80.9 cm³/mol. The van der Waals surface area contributed by atoms with Crippen molar-refractivity contribution in [2.75, 3.05) is 6.54 Å². The van der Waals surface area contributed by atoms with Crippen LogP contribution >= 0.6 is 0 Å². The molecule has 6 heteroatoms. The second kappa shape index (κ2) is 8.34. The number of hydrogen-bond donors (Lipinski definition) is 2. The standard InChI is InChI=1S/C14H25N3O2S/c1-4-7-13(5-2)17-20(18,19)14-9-8-12(11-16-14)10-15-6-3/h8-9,11,13,15,17H,4-7,10H2,1-3H3. The molecule has 0 aliphatic rings. The molecular formula is C14H25N3O2S. The Labute approximate surface area is 122 Å². The van der Waals surface area contributed by atoms with E-state index in [2.05, 4.69) is 15.0 Å². The molecule has 1 aromatic heterocycles. The minimum Gasteiger partial charge on any atom is -0.313 e. The summed E-state index contributed by atoms with van der Waals surface area (Å²) in [5, 5.41) is 3.27. The van der Waals surface area contributed by atoms with Gasteiger partial charge in [0.2, 0.25) is 0 Å². The van der Waals surface area contributed by atoms with Crippen molar-refractivity contribution < 1.29 is 8.42 Å². The van der Waals surface area contributed by atoms with Gasteiger partial charge in [-0.2, -0.15) is 0 Å². The van der Waals surface area contributed by atoms with Crippen LogP contribution in [0.1, 0.15) is 45.6 Å². The summed E-state index contributed by atoms with van der Waals surface area (Å²) in [6, 6.07) is 3.34. The highest BCUT2D eigenvalue weighted by Gasteiger charge is 2.19. The van der Waals surface area contributed by atoms with E-state index in [0.29, 0.717) is 6.54 Å². The first-order valence-corrected chi connectivity index (χ1v) is 8.69. The maximum atomic E-state index is 12.2. The Kier molecular flexibility index (Phi) is 7.12. The second-order valence-corrected chi connectivity index (χ2v) is 6.46. The van der Waals surface area contributed by atoms with E-state index in [4.69, 9.17) is 0 Å². The summed E-state index contributed by atoms with van der Waals surface area (Å²) >= 11 is 0. The molecule has 0 amide bonds. The maximum absolute atomic E-state index is 12.2. The first-order chi connectivity index (χ1) is 9.53. The monoisotopic (exact) mass is 299 g/mol. The Bertz CT molecular complexity index is 486. The van der Waals surface area contributed by atoms with Gasteiger partial charge in [0.15, 0.2) is 5.03 Å². The fourth-order valence-corrected chi connectivity index (χ4v) is 3.20. The van der Waals surface area contributed by atoms with E-state index in [0.717, 1.165) is 31.4 Å². The molecule has 1 aromatic rings. The number of pyridine rings is 1. The van der Waals surface area contributed by atoms with Crippen LogP contribution in [0.3, 0.4) is 0 Å². The first kappa shape index (κ1) is 17.1. The van der Waals surface area contributed by atoms with Gasteiger partial charge in [-0.1, -0.05) is 33.3 Å². The lowest BCUT2D eigenvalue weighted by atomic mass is 10.1. The summed E-state index contributed by atoms with van der Waals surface area (Å²) in [4.78, 5) is 4.06. The average Bonchev–Trinajstić information content (AvgIpc) is 2.45. The summed E-state index contributed by atoms with van der Waals surface area (Å²) in [6.45, 7) is 7.62. The van der Waals surface area contributed by atoms with Crippen molar-refractivity contribution >= 4 is 10.0 Å². The van der Waals surface area contributed by atoms with Crippen LogP contribution in [-0.4, -0.2) is 26.0 Å². The van der Waals surface area contributed by atoms with Crippen molar-refractivity contribution in [2.24, 2.45) is 0 Å². The zero-order valence-electron chi connectivity index (χ0n) is 12.5. The molecule has 1 unspecified atom stereocenters. The number of sulfonamides is 1. The topological polar surface area (TPSA) is 71.1 Å². The van der Waals surface area contributed by atoms with Crippen LogP contribution in [-0.2, 0) is 16.6 Å². The number of aromatic nitrogens is 1. The van der Waals surface area contributed by atoms with Gasteiger partial charge in [-0.05, 0) is 31.0 Å². The number of nitrogens with zero attached hydrogens (tertiary/aromatic N) is 1. The molecule has 1 heterocycles. The summed E-state index contributed by atoms with van der Waals surface area (Å²) in [5.41, 5.74) is 0.978. The fraction of sp³-hybridized carbons (Fsp3) is 0.643. The van der Waals surface area contributed by atoms with Gasteiger partial charge in [0, 0.05) is 18.8 Å². The lowest BCUT2D eigenvalue weighted by molar-refractivity contribution is 0.510. The van der Waals surface area contributed by atoms with Gasteiger partial charge < -0.3 is 5.32 Å². The number of rotatable bonds is 9. The van der Waals surface area contributed by atoms with Crippen molar-refractivity contribution in [3.63, 3.8) is 0 Å². The summed E-state index contributed by atoms with van der Waals surface area (Å²) in [5.74, 6) is 0. The zero-order valence-corrected chi connectivity index (χ0v) is 13.3. The molecule has 0 fully saturated rings. The Morgan fingerprint density at radius 1 is 1.25 bits per heavy atom. The van der Waals surface area contributed by atoms with E-state index in [9.17, 15) is 8.42 Å². The predicted octanol–water partition coefficient (Wildman–Crippen LogP) is 2.05. The lowest BCUT2D eigenvalue weighted by Crippen LogP contribution is -2.34. The molecule has 1 rings (SSSR count). The van der Waals surface area contributed by atoms with Crippen LogP contribution in [0.5, 0.6) is 0 Å². The third-order valence-electron chi connectivity index (χ3n) is 3.10. The van der Waals surface area contributed by atoms with E-state index in [-0.39, 0.29) is 11.1 Å². The molecule has 0 aromatic carbocycles. The van der Waals surface area contributed by atoms with E-state index < -0.39 is 10.0 Å². The molecule has 0 radical (unpaired) electrons. The van der Waals surface area contributed by atoms with Gasteiger partial charge in [0.25, 0.3) is 10.0 Å². The van der Waals surface area contributed by atoms with E-state index in [1.54, 1.807) is 18.3 Å². The summed E-state index contributed by atoms with van der Waals surface area (Å²) in [7, 11) is -3.51. The molecule has 0 saturated carbocycles. The van der Waals surface area contributed by atoms with Crippen LogP contribution in [0.15, 0.2) is 23.4 Å². The van der Waals surface area contributed by atoms with Crippen LogP contribution in [0.25, 0.3) is 0 Å². The number of nitrogens with one attached hydrogen (secondary N) is 2. The van der Waals surface area contributed by atoms with Crippen molar-refractivity contribution in [2.45, 2.75) is 57.6 Å². The third kappa shape index (κ3) is 5.19. The molecule has 0 aliphatic heterocycles. The highest BCUT2D eigenvalue weighted by Crippen LogP contribution is 2.10. The second-order valence-electron chi connectivity index (χ2n) is 4.80. The van der Waals surface area contributed by atoms with E-state index in [1.165, 1.54) is 0 Å². The molecule has 2 N–H and O–H groups in total. The third-order valence-corrected chi connectivity index (χ3v) is 4.54. The quantitative estimate of drug-likeness (QED) is 0.732. The Balaban J connectivity index is 2.76. The summed E-state index contributed by atoms with van der Waals surface area (Å²) in [6.07, 6.45) is 4.19. The van der Waals surface area contributed by atoms with Crippen LogP contribution in [0, 0.1) is 0 Å². The molecule has 20 heavy (non-hydrogen) atoms. The SMILES string of the molecule is CCCC(CC)NS(=O)(=O)c1ccc(CNCC)cn1. The van der Waals surface area contributed by atoms with Crippen molar-refractivity contribution in [3.05, 3.63) is 23.9 Å². The first-order valence-electron chi connectivity index (χ1n) is 7.21. The molecule has 0 spiro atoms. The molecule has 0 aliphatic carbocycles. The van der Waals surface area contributed by atoms with Gasteiger partial charge >= 0.3 is 0 Å². The molecule has 0 saturated heterocycles. The largest absolute Gasteiger partial charge is 0.313 e. The lowest BCUT2D eigenvalue weighted by Gasteiger charge is -2.15. The highest BCUT2D eigenvalue weighted by molar-refractivity contribution is 7.89. The zero-order chi connectivity index (χ0) is 15.0. The fourth-order valence-electron chi connectivity index (χ4n) is 1.92. The molecule has 0 bridgehead atoms. The minimum atomic E-state index is -3.51. The molecule has 5 nitrogen and oxygen atoms in total. The Morgan fingerprint density at radius 2 is 2.00 bits per heavy atom. The molecule has 1 atom stereocenters. The Hall–Kier alpha value is -0.980. The molecular weight excluding hydrogens is 274 g/mol. The Morgan fingerprint density at radius 3 is 2.50 bits per heavy atom. The van der Waals surface area contributed by atoms with E-state index in [1.807, 2.05) is 20.8 Å². The van der Waals surface area contributed by atoms with Gasteiger partial charge in [-0.15, -0.1) is 0 Å². The van der Waals surface area contributed by atoms with Crippen molar-refractivity contribution in [1.82, 2.24) is 15.0 Å². The summed E-state index contributed by atoms with van der Waals surface area (Å²) < 4.78 is 27.1. The smallest absolute Gasteiger partial charge is 0.258 e. The minimum absolute atomic E-state index is 0.0202. The maximum Gasteiger partial charge on any atom is 0.258 e.